The number of aromatic nitrogens is 1. The van der Waals surface area contributed by atoms with Gasteiger partial charge in [-0.25, -0.2) is 0 Å². The first kappa shape index (κ1) is 11.7. The molecule has 0 aliphatic heterocycles. The molecule has 1 fully saturated rings. The molecule has 1 saturated carbocycles. The molecule has 0 atom stereocenters. The third kappa shape index (κ3) is 2.04. The van der Waals surface area contributed by atoms with Gasteiger partial charge in [-0.2, -0.15) is 21.4 Å². The topological polar surface area (TPSA) is 48.7 Å². The molecule has 0 bridgehead atoms. The van der Waals surface area contributed by atoms with E-state index in [1.54, 1.807) is 0 Å². The minimum absolute atomic E-state index is 0.393. The minimum Gasteiger partial charge on any atom is -0.373 e. The fourth-order valence-corrected chi connectivity index (χ4v) is 3.54. The summed E-state index contributed by atoms with van der Waals surface area (Å²) < 4.78 is 4.60. The normalized spacial score (nSPS) is 17.6. The van der Waals surface area contributed by atoms with E-state index in [-0.39, 0.29) is 0 Å². The number of nitriles is 1. The van der Waals surface area contributed by atoms with Gasteiger partial charge in [-0.15, -0.1) is 0 Å². The summed E-state index contributed by atoms with van der Waals surface area (Å²) in [5.74, 6) is 0. The summed E-state index contributed by atoms with van der Waals surface area (Å²) in [6, 6.07) is 2.21. The monoisotopic (exact) mass is 253 g/mol. The smallest absolute Gasteiger partial charge is 0.127 e. The Balaban J connectivity index is 2.02. The van der Waals surface area contributed by atoms with E-state index < -0.39 is 0 Å². The Morgan fingerprint density at radius 2 is 2.38 bits per heavy atom. The minimum atomic E-state index is 0.393. The average molecular weight is 253 g/mol. The number of rotatable bonds is 4. The maximum absolute atomic E-state index is 9.02. The van der Waals surface area contributed by atoms with E-state index in [1.807, 2.05) is 18.7 Å². The van der Waals surface area contributed by atoms with Crippen LogP contribution in [-0.4, -0.2) is 21.9 Å². The van der Waals surface area contributed by atoms with Crippen molar-refractivity contribution < 1.29 is 0 Å². The lowest BCUT2D eigenvalue weighted by atomic mass is 9.84. The Morgan fingerprint density at radius 3 is 2.88 bits per heavy atom. The van der Waals surface area contributed by atoms with Crippen molar-refractivity contribution in [1.29, 1.82) is 5.26 Å². The summed E-state index contributed by atoms with van der Waals surface area (Å²) in [7, 11) is 0. The van der Waals surface area contributed by atoms with Gasteiger partial charge in [-0.1, -0.05) is 6.42 Å². The summed E-state index contributed by atoms with van der Waals surface area (Å²) in [5.41, 5.74) is 1.54. The van der Waals surface area contributed by atoms with E-state index in [0.717, 1.165) is 17.2 Å². The van der Waals surface area contributed by atoms with Crippen LogP contribution in [0.4, 0.5) is 5.00 Å². The Hall–Kier alpha value is -0.730. The van der Waals surface area contributed by atoms with Gasteiger partial charge in [0, 0.05) is 11.3 Å². The van der Waals surface area contributed by atoms with E-state index in [1.165, 1.54) is 30.8 Å². The second-order valence-corrected chi connectivity index (χ2v) is 6.23. The molecule has 5 heteroatoms. The lowest BCUT2D eigenvalue weighted by Gasteiger charge is -2.40. The van der Waals surface area contributed by atoms with Gasteiger partial charge >= 0.3 is 0 Å². The zero-order chi connectivity index (χ0) is 11.6. The molecule has 0 radical (unpaired) electrons. The SMILES string of the molecule is CSC1(CNc2snc(C)c2C#N)CCC1. The molecule has 1 aliphatic rings. The Morgan fingerprint density at radius 1 is 1.62 bits per heavy atom. The predicted octanol–water partition coefficient (Wildman–Crippen LogP) is 3.02. The van der Waals surface area contributed by atoms with Gasteiger partial charge < -0.3 is 5.32 Å². The largest absolute Gasteiger partial charge is 0.373 e. The van der Waals surface area contributed by atoms with Crippen molar-refractivity contribution in [3.05, 3.63) is 11.3 Å². The number of hydrogen-bond donors (Lipinski definition) is 1. The van der Waals surface area contributed by atoms with Crippen LogP contribution in [0.3, 0.4) is 0 Å². The molecule has 0 amide bonds. The number of aryl methyl sites for hydroxylation is 1. The van der Waals surface area contributed by atoms with Gasteiger partial charge in [0.1, 0.15) is 16.6 Å². The second-order valence-electron chi connectivity index (χ2n) is 4.18. The van der Waals surface area contributed by atoms with Crippen LogP contribution in [0.25, 0.3) is 0 Å². The maximum atomic E-state index is 9.02. The van der Waals surface area contributed by atoms with Crippen LogP contribution in [0.15, 0.2) is 0 Å². The predicted molar refractivity (Wildman–Crippen MR) is 70.2 cm³/mol. The summed E-state index contributed by atoms with van der Waals surface area (Å²) in [6.07, 6.45) is 6.06. The summed E-state index contributed by atoms with van der Waals surface area (Å²) in [4.78, 5) is 0. The number of nitrogens with zero attached hydrogens (tertiary/aromatic N) is 2. The zero-order valence-electron chi connectivity index (χ0n) is 9.54. The molecule has 3 nitrogen and oxygen atoms in total. The first-order valence-electron chi connectivity index (χ1n) is 5.36. The van der Waals surface area contributed by atoms with Crippen molar-refractivity contribution in [2.45, 2.75) is 30.9 Å². The maximum Gasteiger partial charge on any atom is 0.127 e. The van der Waals surface area contributed by atoms with Crippen LogP contribution >= 0.6 is 23.3 Å². The number of thioether (sulfide) groups is 1. The molecule has 1 aromatic heterocycles. The van der Waals surface area contributed by atoms with Crippen LogP contribution < -0.4 is 5.32 Å². The quantitative estimate of drug-likeness (QED) is 0.896. The second kappa shape index (κ2) is 4.64. The third-order valence-corrected chi connectivity index (χ3v) is 5.56. The molecule has 16 heavy (non-hydrogen) atoms. The highest BCUT2D eigenvalue weighted by Crippen LogP contribution is 2.43. The molecule has 0 spiro atoms. The zero-order valence-corrected chi connectivity index (χ0v) is 11.2. The van der Waals surface area contributed by atoms with Gasteiger partial charge in [0.2, 0.25) is 0 Å². The molecule has 2 rings (SSSR count). The van der Waals surface area contributed by atoms with Crippen molar-refractivity contribution in [3.63, 3.8) is 0 Å². The van der Waals surface area contributed by atoms with Crippen molar-refractivity contribution in [2.24, 2.45) is 0 Å². The van der Waals surface area contributed by atoms with Crippen molar-refractivity contribution in [2.75, 3.05) is 18.1 Å². The lowest BCUT2D eigenvalue weighted by molar-refractivity contribution is 0.380. The first-order valence-corrected chi connectivity index (χ1v) is 7.36. The Kier molecular flexibility index (Phi) is 3.41. The molecule has 1 aliphatic carbocycles. The van der Waals surface area contributed by atoms with Gasteiger partial charge in [-0.05, 0) is 37.6 Å². The Bertz CT molecular complexity index is 410. The van der Waals surface area contributed by atoms with Gasteiger partial charge in [-0.3, -0.25) is 0 Å². The highest BCUT2D eigenvalue weighted by molar-refractivity contribution is 8.00. The van der Waals surface area contributed by atoms with Crippen LogP contribution in [-0.2, 0) is 0 Å². The Labute approximate surface area is 104 Å². The number of hydrogen-bond acceptors (Lipinski definition) is 5. The summed E-state index contributed by atoms with van der Waals surface area (Å²) in [5, 5.41) is 13.3. The van der Waals surface area contributed by atoms with Crippen molar-refractivity contribution >= 4 is 28.3 Å². The fourth-order valence-electron chi connectivity index (χ4n) is 1.89. The molecule has 0 unspecified atom stereocenters. The highest BCUT2D eigenvalue weighted by atomic mass is 32.2. The molecule has 1 N–H and O–H groups in total. The molecular formula is C11H15N3S2. The van der Waals surface area contributed by atoms with E-state index in [9.17, 15) is 0 Å². The molecule has 0 saturated heterocycles. The summed E-state index contributed by atoms with van der Waals surface area (Å²) in [6.45, 7) is 2.83. The van der Waals surface area contributed by atoms with E-state index in [4.69, 9.17) is 5.26 Å². The number of anilines is 1. The van der Waals surface area contributed by atoms with Crippen LogP contribution in [0.2, 0.25) is 0 Å². The lowest BCUT2D eigenvalue weighted by Crippen LogP contribution is -2.40. The van der Waals surface area contributed by atoms with Gasteiger partial charge in [0.25, 0.3) is 0 Å². The van der Waals surface area contributed by atoms with E-state index >= 15 is 0 Å². The fraction of sp³-hybridized carbons (Fsp3) is 0.636. The average Bonchev–Trinajstić information content (AvgIpc) is 2.58. The molecule has 86 valence electrons. The molecule has 0 aromatic carbocycles. The van der Waals surface area contributed by atoms with Crippen molar-refractivity contribution in [3.8, 4) is 6.07 Å². The molecule has 1 aromatic rings. The molecule has 1 heterocycles. The van der Waals surface area contributed by atoms with Gasteiger partial charge in [0.15, 0.2) is 0 Å². The first-order chi connectivity index (χ1) is 7.71. The standard InChI is InChI=1S/C11H15N3S2/c1-8-9(6-12)10(16-14-8)13-7-11(15-2)4-3-5-11/h13H,3-5,7H2,1-2H3. The summed E-state index contributed by atoms with van der Waals surface area (Å²) >= 11 is 3.33. The van der Waals surface area contributed by atoms with E-state index in [2.05, 4.69) is 22.0 Å². The number of nitrogens with one attached hydrogen (secondary N) is 1. The highest BCUT2D eigenvalue weighted by Gasteiger charge is 2.36. The van der Waals surface area contributed by atoms with E-state index in [0.29, 0.717) is 10.3 Å². The van der Waals surface area contributed by atoms with Crippen LogP contribution in [0.5, 0.6) is 0 Å². The third-order valence-electron chi connectivity index (χ3n) is 3.24. The van der Waals surface area contributed by atoms with Crippen molar-refractivity contribution in [1.82, 2.24) is 4.37 Å². The van der Waals surface area contributed by atoms with Crippen LogP contribution in [0.1, 0.15) is 30.5 Å². The van der Waals surface area contributed by atoms with Gasteiger partial charge in [0.05, 0.1) is 5.69 Å². The van der Waals surface area contributed by atoms with Crippen LogP contribution in [0, 0.1) is 18.3 Å². The molecular weight excluding hydrogens is 238 g/mol.